The average molecular weight is 230 g/mol. The van der Waals surface area contributed by atoms with E-state index in [0.717, 1.165) is 18.1 Å². The third kappa shape index (κ3) is 3.63. The predicted octanol–water partition coefficient (Wildman–Crippen LogP) is 1.56. The summed E-state index contributed by atoms with van der Waals surface area (Å²) in [5.41, 5.74) is 5.63. The van der Waals surface area contributed by atoms with Gasteiger partial charge in [-0.15, -0.1) is 0 Å². The van der Waals surface area contributed by atoms with E-state index in [0.29, 0.717) is 11.0 Å². The smallest absolute Gasteiger partial charge is 0.191 e. The summed E-state index contributed by atoms with van der Waals surface area (Å²) >= 11 is 3.28. The molecule has 3 N–H and O–H groups in total. The molecule has 0 aliphatic rings. The van der Waals surface area contributed by atoms with Gasteiger partial charge < -0.3 is 11.1 Å². The van der Waals surface area contributed by atoms with Crippen molar-refractivity contribution in [3.05, 3.63) is 6.07 Å². The highest BCUT2D eigenvalue weighted by atomic mass is 32.2. The minimum absolute atomic E-state index is 0.510. The number of hydrogen-bond acceptors (Lipinski definition) is 6. The fraction of sp³-hybridized carbons (Fsp3) is 0.500. The molecule has 0 spiro atoms. The average Bonchev–Trinajstić information content (AvgIpc) is 2.17. The lowest BCUT2D eigenvalue weighted by molar-refractivity contribution is 0.971. The lowest BCUT2D eigenvalue weighted by Crippen LogP contribution is -2.07. The first-order valence-electron chi connectivity index (χ1n) is 4.17. The van der Waals surface area contributed by atoms with E-state index in [2.05, 4.69) is 21.5 Å². The van der Waals surface area contributed by atoms with Crippen LogP contribution in [0.1, 0.15) is 0 Å². The molecule has 0 aromatic carbocycles. The van der Waals surface area contributed by atoms with Crippen LogP contribution in [-0.2, 0) is 0 Å². The van der Waals surface area contributed by atoms with Gasteiger partial charge in [0.25, 0.3) is 0 Å². The second kappa shape index (κ2) is 5.98. The molecule has 0 amide bonds. The Morgan fingerprint density at radius 2 is 2.21 bits per heavy atom. The van der Waals surface area contributed by atoms with Gasteiger partial charge in [-0.2, -0.15) is 11.8 Å². The van der Waals surface area contributed by atoms with Crippen molar-refractivity contribution in [2.75, 3.05) is 35.9 Å². The number of nitrogen functional groups attached to an aromatic ring is 1. The zero-order valence-corrected chi connectivity index (χ0v) is 9.91. The van der Waals surface area contributed by atoms with Crippen LogP contribution in [0, 0.1) is 0 Å². The van der Waals surface area contributed by atoms with Crippen LogP contribution >= 0.6 is 23.5 Å². The fourth-order valence-corrected chi connectivity index (χ4v) is 1.60. The number of rotatable bonds is 5. The molecule has 0 unspecified atom stereocenters. The van der Waals surface area contributed by atoms with E-state index in [4.69, 9.17) is 5.73 Å². The number of aromatic nitrogens is 2. The van der Waals surface area contributed by atoms with Crippen LogP contribution in [0.25, 0.3) is 0 Å². The Kier molecular flexibility index (Phi) is 4.89. The topological polar surface area (TPSA) is 63.8 Å². The molecule has 1 heterocycles. The molecule has 4 nitrogen and oxygen atoms in total. The Morgan fingerprint density at radius 1 is 1.43 bits per heavy atom. The number of anilines is 2. The van der Waals surface area contributed by atoms with E-state index in [1.54, 1.807) is 17.8 Å². The maximum absolute atomic E-state index is 5.63. The third-order valence-electron chi connectivity index (χ3n) is 1.52. The van der Waals surface area contributed by atoms with Gasteiger partial charge in [0, 0.05) is 18.4 Å². The highest BCUT2D eigenvalue weighted by Gasteiger charge is 2.00. The van der Waals surface area contributed by atoms with E-state index >= 15 is 0 Å². The third-order valence-corrected chi connectivity index (χ3v) is 2.68. The normalized spacial score (nSPS) is 10.1. The molecular weight excluding hydrogens is 216 g/mol. The molecule has 1 rings (SSSR count). The summed E-state index contributed by atoms with van der Waals surface area (Å²) in [6.45, 7) is 0.894. The van der Waals surface area contributed by atoms with Crippen molar-refractivity contribution < 1.29 is 0 Å². The largest absolute Gasteiger partial charge is 0.383 e. The van der Waals surface area contributed by atoms with Crippen molar-refractivity contribution >= 4 is 35.2 Å². The minimum Gasteiger partial charge on any atom is -0.383 e. The van der Waals surface area contributed by atoms with E-state index in [9.17, 15) is 0 Å². The summed E-state index contributed by atoms with van der Waals surface area (Å²) in [6.07, 6.45) is 4.00. The monoisotopic (exact) mass is 230 g/mol. The summed E-state index contributed by atoms with van der Waals surface area (Å²) in [6, 6.07) is 1.75. The summed E-state index contributed by atoms with van der Waals surface area (Å²) < 4.78 is 0. The van der Waals surface area contributed by atoms with Crippen molar-refractivity contribution in [1.29, 1.82) is 0 Å². The van der Waals surface area contributed by atoms with Gasteiger partial charge in [-0.05, 0) is 12.5 Å². The summed E-state index contributed by atoms with van der Waals surface area (Å²) in [7, 11) is 0. The first kappa shape index (κ1) is 11.5. The van der Waals surface area contributed by atoms with Crippen LogP contribution in [-0.4, -0.2) is 34.8 Å². The Morgan fingerprint density at radius 3 is 2.86 bits per heavy atom. The van der Waals surface area contributed by atoms with Gasteiger partial charge in [0.15, 0.2) is 5.16 Å². The predicted molar refractivity (Wildman–Crippen MR) is 65.1 cm³/mol. The number of thioether (sulfide) groups is 2. The minimum atomic E-state index is 0.510. The maximum Gasteiger partial charge on any atom is 0.191 e. The quantitative estimate of drug-likeness (QED) is 0.454. The Balaban J connectivity index is 2.62. The number of hydrogen-bond donors (Lipinski definition) is 2. The molecule has 0 radical (unpaired) electrons. The zero-order chi connectivity index (χ0) is 10.4. The number of nitrogens with zero attached hydrogens (tertiary/aromatic N) is 2. The van der Waals surface area contributed by atoms with Crippen LogP contribution in [0.3, 0.4) is 0 Å². The molecule has 0 bridgehead atoms. The number of nitrogens with one attached hydrogen (secondary N) is 1. The zero-order valence-electron chi connectivity index (χ0n) is 8.28. The van der Waals surface area contributed by atoms with Crippen LogP contribution in [0.4, 0.5) is 11.6 Å². The molecule has 0 fully saturated rings. The van der Waals surface area contributed by atoms with Crippen LogP contribution < -0.4 is 11.1 Å². The maximum atomic E-state index is 5.63. The van der Waals surface area contributed by atoms with Gasteiger partial charge in [-0.25, -0.2) is 9.97 Å². The molecule has 1 aromatic rings. The van der Waals surface area contributed by atoms with Gasteiger partial charge in [0.2, 0.25) is 0 Å². The van der Waals surface area contributed by atoms with Gasteiger partial charge >= 0.3 is 0 Å². The van der Waals surface area contributed by atoms with Crippen molar-refractivity contribution in [2.45, 2.75) is 5.16 Å². The molecule has 0 aliphatic heterocycles. The van der Waals surface area contributed by atoms with Crippen molar-refractivity contribution in [3.63, 3.8) is 0 Å². The first-order chi connectivity index (χ1) is 6.76. The second-order valence-corrected chi connectivity index (χ2v) is 4.34. The Labute approximate surface area is 92.5 Å². The summed E-state index contributed by atoms with van der Waals surface area (Å²) in [5.74, 6) is 2.37. The van der Waals surface area contributed by atoms with E-state index in [1.807, 2.05) is 6.26 Å². The van der Waals surface area contributed by atoms with Gasteiger partial charge in [0.1, 0.15) is 11.6 Å². The molecule has 78 valence electrons. The molecule has 6 heteroatoms. The van der Waals surface area contributed by atoms with Crippen LogP contribution in [0.15, 0.2) is 11.2 Å². The van der Waals surface area contributed by atoms with Gasteiger partial charge in [0.05, 0.1) is 0 Å². The van der Waals surface area contributed by atoms with E-state index in [-0.39, 0.29) is 0 Å². The summed E-state index contributed by atoms with van der Waals surface area (Å²) in [4.78, 5) is 8.34. The standard InChI is InChI=1S/C8H14N4S2/c1-13-4-3-10-7-5-6(9)11-8(12-7)14-2/h5H,3-4H2,1-2H3,(H3,9,10,11,12). The van der Waals surface area contributed by atoms with Crippen molar-refractivity contribution in [2.24, 2.45) is 0 Å². The lowest BCUT2D eigenvalue weighted by Gasteiger charge is -2.06. The molecule has 0 saturated heterocycles. The van der Waals surface area contributed by atoms with Gasteiger partial charge in [-0.3, -0.25) is 0 Å². The SMILES string of the molecule is CSCCNc1cc(N)nc(SC)n1. The lowest BCUT2D eigenvalue weighted by atomic mass is 10.5. The van der Waals surface area contributed by atoms with Crippen molar-refractivity contribution in [3.8, 4) is 0 Å². The molecule has 1 aromatic heterocycles. The Hall–Kier alpha value is -0.620. The van der Waals surface area contributed by atoms with Crippen LogP contribution in [0.5, 0.6) is 0 Å². The van der Waals surface area contributed by atoms with E-state index in [1.165, 1.54) is 11.8 Å². The molecule has 14 heavy (non-hydrogen) atoms. The summed E-state index contributed by atoms with van der Waals surface area (Å²) in [5, 5.41) is 3.90. The van der Waals surface area contributed by atoms with E-state index < -0.39 is 0 Å². The number of nitrogens with two attached hydrogens (primary N) is 1. The fourth-order valence-electron chi connectivity index (χ4n) is 0.906. The van der Waals surface area contributed by atoms with Crippen LogP contribution in [0.2, 0.25) is 0 Å². The molecular formula is C8H14N4S2. The van der Waals surface area contributed by atoms with Crippen molar-refractivity contribution in [1.82, 2.24) is 9.97 Å². The molecule has 0 atom stereocenters. The van der Waals surface area contributed by atoms with Gasteiger partial charge in [-0.1, -0.05) is 11.8 Å². The molecule has 0 aliphatic carbocycles. The highest BCUT2D eigenvalue weighted by Crippen LogP contribution is 2.14. The molecule has 0 saturated carbocycles. The highest BCUT2D eigenvalue weighted by molar-refractivity contribution is 7.98. The second-order valence-electron chi connectivity index (χ2n) is 2.58. The first-order valence-corrected chi connectivity index (χ1v) is 6.79. The Bertz CT molecular complexity index is 293.